The summed E-state index contributed by atoms with van der Waals surface area (Å²) in [6, 6.07) is 10.3. The molecule has 2 heterocycles. The second kappa shape index (κ2) is 6.84. The molecule has 4 N–H and O–H groups in total. The molecule has 0 atom stereocenters. The summed E-state index contributed by atoms with van der Waals surface area (Å²) in [4.78, 5) is 26.7. The fraction of sp³-hybridized carbons (Fsp3) is 0.0556. The van der Waals surface area contributed by atoms with Gasteiger partial charge in [0.05, 0.1) is 16.9 Å². The molecule has 0 bridgehead atoms. The van der Waals surface area contributed by atoms with Crippen molar-refractivity contribution in [2.75, 3.05) is 11.1 Å². The standard InChI is InChI=1S/C18H13BrClN5O3/c1-25-13(6-8-2-4-11(19)14(21)15(8)25)17(26)22-12-5-3-9(20)7-10(12)16-23-18(27)28-24-16/h2-7H,21H2,1H3,(H,22,26)(H,23,24,27). The van der Waals surface area contributed by atoms with Gasteiger partial charge in [-0.3, -0.25) is 14.3 Å². The third kappa shape index (κ3) is 3.08. The fourth-order valence-electron chi connectivity index (χ4n) is 3.03. The van der Waals surface area contributed by atoms with Crippen molar-refractivity contribution >= 4 is 55.7 Å². The van der Waals surface area contributed by atoms with E-state index in [-0.39, 0.29) is 11.7 Å². The summed E-state index contributed by atoms with van der Waals surface area (Å²) in [5.74, 6) is -0.904. The Hall–Kier alpha value is -3.04. The number of H-pyrrole nitrogens is 1. The maximum Gasteiger partial charge on any atom is 0.439 e. The lowest BCUT2D eigenvalue weighted by Crippen LogP contribution is -2.16. The predicted octanol–water partition coefficient (Wildman–Crippen LogP) is 3.77. The van der Waals surface area contributed by atoms with E-state index in [9.17, 15) is 9.59 Å². The number of hydrogen-bond donors (Lipinski definition) is 3. The van der Waals surface area contributed by atoms with Crippen LogP contribution < -0.4 is 16.8 Å². The number of nitrogens with two attached hydrogens (primary N) is 1. The zero-order valence-corrected chi connectivity index (χ0v) is 16.8. The van der Waals surface area contributed by atoms with Crippen molar-refractivity contribution in [3.63, 3.8) is 0 Å². The Labute approximate surface area is 171 Å². The van der Waals surface area contributed by atoms with Gasteiger partial charge in [0, 0.05) is 27.5 Å². The van der Waals surface area contributed by atoms with E-state index < -0.39 is 5.76 Å². The molecule has 0 saturated heterocycles. The minimum absolute atomic E-state index is 0.160. The summed E-state index contributed by atoms with van der Waals surface area (Å²) in [6.07, 6.45) is 0. The van der Waals surface area contributed by atoms with Crippen molar-refractivity contribution in [3.8, 4) is 11.4 Å². The highest BCUT2D eigenvalue weighted by atomic mass is 79.9. The lowest BCUT2D eigenvalue weighted by Gasteiger charge is -2.11. The number of aryl methyl sites for hydroxylation is 1. The maximum atomic E-state index is 12.9. The van der Waals surface area contributed by atoms with Crippen molar-refractivity contribution in [1.29, 1.82) is 0 Å². The number of halogens is 2. The predicted molar refractivity (Wildman–Crippen MR) is 111 cm³/mol. The number of nitrogen functional groups attached to an aromatic ring is 1. The number of nitrogens with zero attached hydrogens (tertiary/aromatic N) is 2. The first-order valence-electron chi connectivity index (χ1n) is 8.06. The molecule has 2 aromatic carbocycles. The summed E-state index contributed by atoms with van der Waals surface area (Å²) in [5.41, 5.74) is 8.68. The van der Waals surface area contributed by atoms with Gasteiger partial charge in [0.15, 0.2) is 5.82 Å². The van der Waals surface area contributed by atoms with Crippen molar-refractivity contribution in [1.82, 2.24) is 14.7 Å². The summed E-state index contributed by atoms with van der Waals surface area (Å²) in [7, 11) is 1.76. The Morgan fingerprint density at radius 1 is 1.32 bits per heavy atom. The highest BCUT2D eigenvalue weighted by Gasteiger charge is 2.19. The molecule has 0 unspecified atom stereocenters. The van der Waals surface area contributed by atoms with Gasteiger partial charge in [0.1, 0.15) is 5.69 Å². The third-order valence-electron chi connectivity index (χ3n) is 4.34. The minimum Gasteiger partial charge on any atom is -0.396 e. The summed E-state index contributed by atoms with van der Waals surface area (Å²) >= 11 is 9.45. The average molecular weight is 463 g/mol. The summed E-state index contributed by atoms with van der Waals surface area (Å²) < 4.78 is 7.02. The Morgan fingerprint density at radius 2 is 2.11 bits per heavy atom. The minimum atomic E-state index is -0.706. The van der Waals surface area contributed by atoms with Crippen LogP contribution in [-0.2, 0) is 7.05 Å². The molecule has 0 fully saturated rings. The molecule has 0 radical (unpaired) electrons. The molecular weight excluding hydrogens is 450 g/mol. The molecule has 0 aliphatic rings. The van der Waals surface area contributed by atoms with Crippen LogP contribution >= 0.6 is 27.5 Å². The first-order chi connectivity index (χ1) is 13.3. The maximum absolute atomic E-state index is 12.9. The van der Waals surface area contributed by atoms with Crippen LogP contribution in [0.3, 0.4) is 0 Å². The van der Waals surface area contributed by atoms with Gasteiger partial charge in [-0.05, 0) is 46.3 Å². The number of carbonyl (C=O) groups is 1. The molecule has 2 aromatic heterocycles. The van der Waals surface area contributed by atoms with Crippen LogP contribution in [0, 0.1) is 0 Å². The Balaban J connectivity index is 1.76. The van der Waals surface area contributed by atoms with Gasteiger partial charge >= 0.3 is 5.76 Å². The Kier molecular flexibility index (Phi) is 4.48. The smallest absolute Gasteiger partial charge is 0.396 e. The molecule has 142 valence electrons. The van der Waals surface area contributed by atoms with Gasteiger partial charge in [0.2, 0.25) is 0 Å². The number of benzene rings is 2. The molecule has 0 aliphatic carbocycles. The molecule has 0 saturated carbocycles. The number of amides is 1. The van der Waals surface area contributed by atoms with Crippen LogP contribution in [0.5, 0.6) is 0 Å². The number of carbonyl (C=O) groups excluding carboxylic acids is 1. The first-order valence-corrected chi connectivity index (χ1v) is 9.23. The molecule has 4 aromatic rings. The number of hydrogen-bond acceptors (Lipinski definition) is 5. The fourth-order valence-corrected chi connectivity index (χ4v) is 3.52. The quantitative estimate of drug-likeness (QED) is 0.400. The number of anilines is 2. The number of rotatable bonds is 3. The van der Waals surface area contributed by atoms with E-state index in [4.69, 9.17) is 17.3 Å². The largest absolute Gasteiger partial charge is 0.439 e. The van der Waals surface area contributed by atoms with Gasteiger partial charge in [-0.25, -0.2) is 4.79 Å². The number of aromatic amines is 1. The molecule has 28 heavy (non-hydrogen) atoms. The SMILES string of the molecule is Cn1c(C(=O)Nc2ccc(Cl)cc2-c2noc(=O)[nH]2)cc2ccc(Br)c(N)c21. The molecule has 8 nitrogen and oxygen atoms in total. The Morgan fingerprint density at radius 3 is 2.82 bits per heavy atom. The molecule has 0 aliphatic heterocycles. The second-order valence-corrected chi connectivity index (χ2v) is 7.37. The molecular formula is C18H13BrClN5O3. The van der Waals surface area contributed by atoms with E-state index in [0.29, 0.717) is 27.7 Å². The van der Waals surface area contributed by atoms with E-state index in [1.165, 1.54) is 0 Å². The van der Waals surface area contributed by atoms with Crippen molar-refractivity contribution in [2.45, 2.75) is 0 Å². The van der Waals surface area contributed by atoms with Crippen LogP contribution in [0.25, 0.3) is 22.3 Å². The zero-order chi connectivity index (χ0) is 20.0. The number of nitrogens with one attached hydrogen (secondary N) is 2. The average Bonchev–Trinajstić information content (AvgIpc) is 3.23. The van der Waals surface area contributed by atoms with E-state index in [1.54, 1.807) is 35.9 Å². The van der Waals surface area contributed by atoms with E-state index in [1.807, 2.05) is 12.1 Å². The van der Waals surface area contributed by atoms with Crippen LogP contribution in [0.15, 0.2) is 50.2 Å². The topological polar surface area (TPSA) is 119 Å². The second-order valence-electron chi connectivity index (χ2n) is 6.08. The van der Waals surface area contributed by atoms with E-state index >= 15 is 0 Å². The summed E-state index contributed by atoms with van der Waals surface area (Å²) in [6.45, 7) is 0. The van der Waals surface area contributed by atoms with Crippen LogP contribution in [0.2, 0.25) is 5.02 Å². The zero-order valence-electron chi connectivity index (χ0n) is 14.4. The Bertz CT molecular complexity index is 1290. The molecule has 4 rings (SSSR count). The van der Waals surface area contributed by atoms with Gasteiger partial charge in [-0.2, -0.15) is 0 Å². The first kappa shape index (κ1) is 18.3. The lowest BCUT2D eigenvalue weighted by molar-refractivity contribution is 0.102. The van der Waals surface area contributed by atoms with Crippen molar-refractivity contribution in [2.24, 2.45) is 7.05 Å². The van der Waals surface area contributed by atoms with Gasteiger partial charge in [0.25, 0.3) is 5.91 Å². The van der Waals surface area contributed by atoms with E-state index in [0.717, 1.165) is 15.4 Å². The van der Waals surface area contributed by atoms with Crippen molar-refractivity contribution in [3.05, 3.63) is 62.1 Å². The van der Waals surface area contributed by atoms with Crippen molar-refractivity contribution < 1.29 is 9.32 Å². The highest BCUT2D eigenvalue weighted by molar-refractivity contribution is 9.10. The van der Waals surface area contributed by atoms with E-state index in [2.05, 4.69) is 35.9 Å². The van der Waals surface area contributed by atoms with Crippen LogP contribution in [0.4, 0.5) is 11.4 Å². The molecule has 0 spiro atoms. The van der Waals surface area contributed by atoms with Gasteiger partial charge in [-0.1, -0.05) is 22.8 Å². The lowest BCUT2D eigenvalue weighted by atomic mass is 10.1. The number of aromatic nitrogens is 3. The number of fused-ring (bicyclic) bond motifs is 1. The van der Waals surface area contributed by atoms with Crippen LogP contribution in [0.1, 0.15) is 10.5 Å². The normalized spacial score (nSPS) is 11.1. The van der Waals surface area contributed by atoms with Crippen LogP contribution in [-0.4, -0.2) is 20.6 Å². The monoisotopic (exact) mass is 461 g/mol. The molecule has 1 amide bonds. The third-order valence-corrected chi connectivity index (χ3v) is 5.27. The van der Waals surface area contributed by atoms with Gasteiger partial charge in [-0.15, -0.1) is 0 Å². The molecule has 10 heteroatoms. The highest BCUT2D eigenvalue weighted by Crippen LogP contribution is 2.32. The van der Waals surface area contributed by atoms with Gasteiger partial charge < -0.3 is 15.6 Å². The summed E-state index contributed by atoms with van der Waals surface area (Å²) in [5, 5.41) is 7.74.